The van der Waals surface area contributed by atoms with E-state index >= 15 is 0 Å². The van der Waals surface area contributed by atoms with Gasteiger partial charge in [-0.25, -0.2) is 4.79 Å². The molecular weight excluding hydrogens is 458 g/mol. The Kier molecular flexibility index (Phi) is 7.82. The second-order valence-electron chi connectivity index (χ2n) is 8.76. The third-order valence-corrected chi connectivity index (χ3v) is 8.11. The molecule has 3 heterocycles. The number of nitrogens with zero attached hydrogens (tertiary/aromatic N) is 2. The average molecular weight is 490 g/mol. The molecule has 1 N–H and O–H groups in total. The van der Waals surface area contributed by atoms with Gasteiger partial charge in [-0.15, -0.1) is 11.3 Å². The van der Waals surface area contributed by atoms with Crippen molar-refractivity contribution in [2.45, 2.75) is 39.5 Å². The summed E-state index contributed by atoms with van der Waals surface area (Å²) in [6, 6.07) is 1.85. The molecule has 7 nitrogen and oxygen atoms in total. The zero-order valence-corrected chi connectivity index (χ0v) is 20.9. The highest BCUT2D eigenvalue weighted by Crippen LogP contribution is 2.40. The van der Waals surface area contributed by atoms with E-state index < -0.39 is 0 Å². The van der Waals surface area contributed by atoms with Gasteiger partial charge in [0.25, 0.3) is 5.91 Å². The number of nitrogens with one attached hydrogen (secondary N) is 1. The minimum Gasteiger partial charge on any atom is -0.462 e. The van der Waals surface area contributed by atoms with Gasteiger partial charge >= 0.3 is 5.97 Å². The monoisotopic (exact) mass is 489 g/mol. The number of fused-ring (bicyclic) bond motifs is 1. The minimum absolute atomic E-state index is 0.0556. The average Bonchev–Trinajstić information content (AvgIpc) is 3.36. The van der Waals surface area contributed by atoms with Crippen LogP contribution in [-0.4, -0.2) is 66.9 Å². The van der Waals surface area contributed by atoms with Crippen LogP contribution in [0.2, 0.25) is 0 Å². The number of rotatable bonds is 6. The molecule has 0 saturated carbocycles. The fourth-order valence-corrected chi connectivity index (χ4v) is 6.57. The van der Waals surface area contributed by atoms with Gasteiger partial charge in [-0.3, -0.25) is 14.5 Å². The lowest BCUT2D eigenvalue weighted by atomic mass is 9.88. The van der Waals surface area contributed by atoms with E-state index in [-0.39, 0.29) is 24.3 Å². The van der Waals surface area contributed by atoms with Gasteiger partial charge in [0.15, 0.2) is 0 Å². The molecular formula is C24H31N3O4S2. The van der Waals surface area contributed by atoms with Gasteiger partial charge in [-0.2, -0.15) is 11.3 Å². The first-order valence-electron chi connectivity index (χ1n) is 11.6. The molecule has 1 atom stereocenters. The van der Waals surface area contributed by atoms with Crippen LogP contribution < -0.4 is 5.32 Å². The van der Waals surface area contributed by atoms with E-state index in [1.807, 2.05) is 21.7 Å². The van der Waals surface area contributed by atoms with E-state index in [4.69, 9.17) is 4.74 Å². The van der Waals surface area contributed by atoms with E-state index in [1.165, 1.54) is 27.6 Å². The maximum absolute atomic E-state index is 12.9. The van der Waals surface area contributed by atoms with Crippen molar-refractivity contribution in [2.75, 3.05) is 44.6 Å². The summed E-state index contributed by atoms with van der Waals surface area (Å²) in [5.41, 5.74) is 2.32. The number of esters is 1. The lowest BCUT2D eigenvalue weighted by molar-refractivity contribution is -0.117. The Balaban J connectivity index is 1.39. The standard InChI is InChI=1S/C24H31N3O4S2/c1-3-31-24(30)21-18-6-5-16(2)13-19(18)33-22(21)25-20(28)14-26-8-4-9-27(11-10-26)23(29)17-7-12-32-15-17/h7,12,15-16H,3-6,8-11,13-14H2,1-2H3,(H,25,28). The Labute approximate surface area is 202 Å². The Morgan fingerprint density at radius 2 is 2.06 bits per heavy atom. The number of carbonyl (C=O) groups is 3. The molecule has 178 valence electrons. The normalized spacial score (nSPS) is 19.0. The molecule has 0 radical (unpaired) electrons. The first kappa shape index (κ1) is 23.9. The number of hydrogen-bond acceptors (Lipinski definition) is 7. The summed E-state index contributed by atoms with van der Waals surface area (Å²) in [6.07, 6.45) is 3.64. The fraction of sp³-hybridized carbons (Fsp3) is 0.542. The van der Waals surface area contributed by atoms with Crippen LogP contribution in [0.25, 0.3) is 0 Å². The molecule has 0 aromatic carbocycles. The van der Waals surface area contributed by atoms with Crippen LogP contribution in [-0.2, 0) is 22.4 Å². The number of ether oxygens (including phenoxy) is 1. The molecule has 1 saturated heterocycles. The van der Waals surface area contributed by atoms with Gasteiger partial charge in [0.1, 0.15) is 5.00 Å². The van der Waals surface area contributed by atoms with Crippen molar-refractivity contribution in [2.24, 2.45) is 5.92 Å². The molecule has 0 bridgehead atoms. The largest absolute Gasteiger partial charge is 0.462 e. The van der Waals surface area contributed by atoms with Crippen LogP contribution >= 0.6 is 22.7 Å². The first-order chi connectivity index (χ1) is 16.0. The quantitative estimate of drug-likeness (QED) is 0.623. The number of carbonyl (C=O) groups excluding carboxylic acids is 3. The summed E-state index contributed by atoms with van der Waals surface area (Å²) in [5.74, 6) is 0.147. The summed E-state index contributed by atoms with van der Waals surface area (Å²) >= 11 is 3.03. The Bertz CT molecular complexity index is 1000. The lowest BCUT2D eigenvalue weighted by Crippen LogP contribution is -2.38. The molecule has 9 heteroatoms. The van der Waals surface area contributed by atoms with E-state index in [9.17, 15) is 14.4 Å². The molecule has 2 aromatic rings. The Morgan fingerprint density at radius 3 is 2.82 bits per heavy atom. The number of hydrogen-bond donors (Lipinski definition) is 1. The first-order valence-corrected chi connectivity index (χ1v) is 13.4. The molecule has 2 aliphatic rings. The zero-order chi connectivity index (χ0) is 23.4. The summed E-state index contributed by atoms with van der Waals surface area (Å²) in [6.45, 7) is 7.25. The van der Waals surface area contributed by atoms with Gasteiger partial charge in [-0.1, -0.05) is 6.92 Å². The highest BCUT2D eigenvalue weighted by Gasteiger charge is 2.29. The number of anilines is 1. The second kappa shape index (κ2) is 10.8. The SMILES string of the molecule is CCOC(=O)c1c(NC(=O)CN2CCCN(C(=O)c3ccsc3)CC2)sc2c1CCC(C)C2. The van der Waals surface area contributed by atoms with E-state index in [1.54, 1.807) is 6.92 Å². The molecule has 1 aliphatic carbocycles. The van der Waals surface area contributed by atoms with Crippen molar-refractivity contribution in [3.63, 3.8) is 0 Å². The smallest absolute Gasteiger partial charge is 0.341 e. The fourth-order valence-electron chi connectivity index (χ4n) is 4.53. The van der Waals surface area contributed by atoms with Gasteiger partial charge in [0.2, 0.25) is 5.91 Å². The molecule has 0 spiro atoms. The van der Waals surface area contributed by atoms with Crippen molar-refractivity contribution < 1.29 is 19.1 Å². The van der Waals surface area contributed by atoms with Gasteiger partial charge < -0.3 is 15.0 Å². The van der Waals surface area contributed by atoms with Crippen LogP contribution in [0.15, 0.2) is 16.8 Å². The number of amides is 2. The lowest BCUT2D eigenvalue weighted by Gasteiger charge is -2.21. The second-order valence-corrected chi connectivity index (χ2v) is 10.6. The predicted molar refractivity (Wildman–Crippen MR) is 131 cm³/mol. The summed E-state index contributed by atoms with van der Waals surface area (Å²) < 4.78 is 5.30. The Hall–Kier alpha value is -2.23. The van der Waals surface area contributed by atoms with E-state index in [0.29, 0.717) is 42.7 Å². The van der Waals surface area contributed by atoms with Crippen molar-refractivity contribution in [3.05, 3.63) is 38.4 Å². The molecule has 1 aliphatic heterocycles. The summed E-state index contributed by atoms with van der Waals surface area (Å²) in [5, 5.41) is 7.40. The summed E-state index contributed by atoms with van der Waals surface area (Å²) in [4.78, 5) is 43.4. The van der Waals surface area contributed by atoms with Crippen LogP contribution in [0, 0.1) is 5.92 Å². The maximum atomic E-state index is 12.9. The highest BCUT2D eigenvalue weighted by atomic mass is 32.1. The molecule has 1 unspecified atom stereocenters. The van der Waals surface area contributed by atoms with Gasteiger partial charge in [-0.05, 0) is 55.5 Å². The zero-order valence-electron chi connectivity index (χ0n) is 19.2. The molecule has 1 fully saturated rings. The molecule has 2 amide bonds. The van der Waals surface area contributed by atoms with Gasteiger partial charge in [0, 0.05) is 36.4 Å². The highest BCUT2D eigenvalue weighted by molar-refractivity contribution is 7.17. The van der Waals surface area contributed by atoms with Crippen LogP contribution in [0.4, 0.5) is 5.00 Å². The summed E-state index contributed by atoms with van der Waals surface area (Å²) in [7, 11) is 0. The van der Waals surface area contributed by atoms with Crippen molar-refractivity contribution in [3.8, 4) is 0 Å². The van der Waals surface area contributed by atoms with Gasteiger partial charge in [0.05, 0.1) is 24.3 Å². The molecule has 2 aromatic heterocycles. The van der Waals surface area contributed by atoms with Crippen molar-refractivity contribution in [1.82, 2.24) is 9.80 Å². The molecule has 4 rings (SSSR count). The van der Waals surface area contributed by atoms with Crippen molar-refractivity contribution in [1.29, 1.82) is 0 Å². The van der Waals surface area contributed by atoms with E-state index in [2.05, 4.69) is 17.1 Å². The topological polar surface area (TPSA) is 79.0 Å². The Morgan fingerprint density at radius 1 is 1.21 bits per heavy atom. The third-order valence-electron chi connectivity index (χ3n) is 6.26. The van der Waals surface area contributed by atoms with Crippen molar-refractivity contribution >= 4 is 45.5 Å². The van der Waals surface area contributed by atoms with Crippen LogP contribution in [0.3, 0.4) is 0 Å². The predicted octanol–water partition coefficient (Wildman–Crippen LogP) is 3.90. The number of thiophene rings is 2. The molecule has 33 heavy (non-hydrogen) atoms. The van der Waals surface area contributed by atoms with E-state index in [0.717, 1.165) is 43.4 Å². The van der Waals surface area contributed by atoms with Crippen LogP contribution in [0.1, 0.15) is 57.8 Å². The van der Waals surface area contributed by atoms with Crippen LogP contribution in [0.5, 0.6) is 0 Å². The maximum Gasteiger partial charge on any atom is 0.341 e. The minimum atomic E-state index is -0.350. The third kappa shape index (κ3) is 5.65.